The highest BCUT2D eigenvalue weighted by atomic mass is 16.2. The molecule has 2 aromatic rings. The van der Waals surface area contributed by atoms with Gasteiger partial charge in [-0.1, -0.05) is 60.2 Å². The van der Waals surface area contributed by atoms with Gasteiger partial charge in [-0.05, 0) is 25.0 Å². The number of likely N-dealkylation sites (N-methyl/N-ethyl adjacent to an activating group) is 2. The summed E-state index contributed by atoms with van der Waals surface area (Å²) in [6.07, 6.45) is 0. The Labute approximate surface area is 148 Å². The molecule has 0 fully saturated rings. The van der Waals surface area contributed by atoms with Gasteiger partial charge in [0.25, 0.3) is 11.8 Å². The quantitative estimate of drug-likeness (QED) is 0.788. The molecule has 1 heterocycles. The van der Waals surface area contributed by atoms with Crippen LogP contribution in [-0.4, -0.2) is 35.2 Å². The smallest absolute Gasteiger partial charge is 0.277 e. The lowest BCUT2D eigenvalue weighted by molar-refractivity contribution is -0.137. The predicted molar refractivity (Wildman–Crippen MR) is 98.4 cm³/mol. The van der Waals surface area contributed by atoms with Crippen molar-refractivity contribution in [3.63, 3.8) is 0 Å². The van der Waals surface area contributed by atoms with Crippen LogP contribution in [0.15, 0.2) is 60.3 Å². The van der Waals surface area contributed by atoms with E-state index in [4.69, 9.17) is 0 Å². The summed E-state index contributed by atoms with van der Waals surface area (Å²) in [5, 5.41) is 0. The summed E-state index contributed by atoms with van der Waals surface area (Å²) in [5.74, 6) is -0.437. The van der Waals surface area contributed by atoms with Crippen molar-refractivity contribution in [2.24, 2.45) is 0 Å². The van der Waals surface area contributed by atoms with Gasteiger partial charge in [-0.2, -0.15) is 0 Å². The van der Waals surface area contributed by atoms with Crippen LogP contribution in [0.3, 0.4) is 0 Å². The van der Waals surface area contributed by atoms with Gasteiger partial charge in [0.1, 0.15) is 5.70 Å². The Morgan fingerprint density at radius 1 is 0.920 bits per heavy atom. The molecule has 0 spiro atoms. The van der Waals surface area contributed by atoms with Crippen LogP contribution in [0.1, 0.15) is 23.6 Å². The number of carbonyl (C=O) groups excluding carboxylic acids is 2. The maximum Gasteiger partial charge on any atom is 0.277 e. The Kier molecular flexibility index (Phi) is 4.70. The molecule has 25 heavy (non-hydrogen) atoms. The van der Waals surface area contributed by atoms with Crippen molar-refractivity contribution >= 4 is 17.4 Å². The van der Waals surface area contributed by atoms with Crippen LogP contribution in [0.5, 0.6) is 0 Å². The number of amides is 2. The third kappa shape index (κ3) is 3.20. The van der Waals surface area contributed by atoms with Crippen molar-refractivity contribution in [2.45, 2.75) is 20.4 Å². The van der Waals surface area contributed by atoms with Crippen LogP contribution >= 0.6 is 0 Å². The fraction of sp³-hybridized carbons (Fsp3) is 0.238. The number of nitrogens with zero attached hydrogens (tertiary/aromatic N) is 2. The number of rotatable bonds is 5. The lowest BCUT2D eigenvalue weighted by Gasteiger charge is -2.21. The molecule has 0 saturated heterocycles. The van der Waals surface area contributed by atoms with Crippen LogP contribution in [0.2, 0.25) is 0 Å². The van der Waals surface area contributed by atoms with Gasteiger partial charge in [0.05, 0.1) is 5.57 Å². The van der Waals surface area contributed by atoms with Crippen LogP contribution in [0.25, 0.3) is 5.57 Å². The van der Waals surface area contributed by atoms with E-state index in [1.165, 1.54) is 4.90 Å². The lowest BCUT2D eigenvalue weighted by Crippen LogP contribution is -2.33. The molecule has 0 radical (unpaired) electrons. The topological polar surface area (TPSA) is 40.6 Å². The number of hydrogen-bond donors (Lipinski definition) is 0. The third-order valence-corrected chi connectivity index (χ3v) is 4.44. The first kappa shape index (κ1) is 17.0. The normalized spacial score (nSPS) is 14.4. The van der Waals surface area contributed by atoms with E-state index in [0.717, 1.165) is 16.7 Å². The van der Waals surface area contributed by atoms with E-state index in [-0.39, 0.29) is 11.8 Å². The molecule has 4 nitrogen and oxygen atoms in total. The average Bonchev–Trinajstić information content (AvgIpc) is 2.86. The minimum Gasteiger partial charge on any atom is -0.365 e. The maximum absolute atomic E-state index is 12.8. The number of imide groups is 1. The SMILES string of the molecule is CCN1C(=O)C(c2ccc(C)cc2)=C(N(C)Cc2ccccc2)C1=O. The van der Waals surface area contributed by atoms with E-state index in [1.807, 2.05) is 80.4 Å². The molecule has 1 aliphatic heterocycles. The van der Waals surface area contributed by atoms with Gasteiger partial charge in [-0.15, -0.1) is 0 Å². The number of carbonyl (C=O) groups is 2. The van der Waals surface area contributed by atoms with Crippen LogP contribution < -0.4 is 0 Å². The van der Waals surface area contributed by atoms with Gasteiger partial charge in [0.15, 0.2) is 0 Å². The molecule has 4 heteroatoms. The van der Waals surface area contributed by atoms with E-state index in [0.29, 0.717) is 24.4 Å². The lowest BCUT2D eigenvalue weighted by atomic mass is 10.0. The van der Waals surface area contributed by atoms with Gasteiger partial charge in [-0.25, -0.2) is 0 Å². The summed E-state index contributed by atoms with van der Waals surface area (Å²) >= 11 is 0. The van der Waals surface area contributed by atoms with Gasteiger partial charge < -0.3 is 4.90 Å². The summed E-state index contributed by atoms with van der Waals surface area (Å²) in [6.45, 7) is 4.76. The summed E-state index contributed by atoms with van der Waals surface area (Å²) < 4.78 is 0. The molecule has 128 valence electrons. The second kappa shape index (κ2) is 6.93. The molecule has 0 aromatic heterocycles. The standard InChI is InChI=1S/C21H22N2O2/c1-4-23-20(24)18(17-12-10-15(2)11-13-17)19(21(23)25)22(3)14-16-8-6-5-7-9-16/h5-13H,4,14H2,1-3H3. The first-order valence-corrected chi connectivity index (χ1v) is 8.45. The van der Waals surface area contributed by atoms with Crippen molar-refractivity contribution in [1.29, 1.82) is 0 Å². The average molecular weight is 334 g/mol. The van der Waals surface area contributed by atoms with Gasteiger partial charge in [0.2, 0.25) is 0 Å². The van der Waals surface area contributed by atoms with Crippen LogP contribution in [-0.2, 0) is 16.1 Å². The zero-order valence-electron chi connectivity index (χ0n) is 14.8. The number of benzene rings is 2. The van der Waals surface area contributed by atoms with E-state index in [2.05, 4.69) is 0 Å². The van der Waals surface area contributed by atoms with Crippen molar-refractivity contribution < 1.29 is 9.59 Å². The fourth-order valence-corrected chi connectivity index (χ4v) is 3.12. The van der Waals surface area contributed by atoms with E-state index >= 15 is 0 Å². The van der Waals surface area contributed by atoms with Crippen molar-refractivity contribution in [3.05, 3.63) is 77.0 Å². The Hall–Kier alpha value is -2.88. The number of aryl methyl sites for hydroxylation is 1. The Morgan fingerprint density at radius 2 is 1.56 bits per heavy atom. The first-order chi connectivity index (χ1) is 12.0. The molecule has 0 aliphatic carbocycles. The summed E-state index contributed by atoms with van der Waals surface area (Å²) in [4.78, 5) is 28.8. The number of hydrogen-bond acceptors (Lipinski definition) is 3. The second-order valence-corrected chi connectivity index (χ2v) is 6.29. The molecular formula is C21H22N2O2. The van der Waals surface area contributed by atoms with Gasteiger partial charge >= 0.3 is 0 Å². The van der Waals surface area contributed by atoms with Crippen molar-refractivity contribution in [3.8, 4) is 0 Å². The fourth-order valence-electron chi connectivity index (χ4n) is 3.12. The van der Waals surface area contributed by atoms with E-state index in [9.17, 15) is 9.59 Å². The minimum atomic E-state index is -0.221. The zero-order valence-corrected chi connectivity index (χ0v) is 14.8. The summed E-state index contributed by atoms with van der Waals surface area (Å²) in [5.41, 5.74) is 3.96. The highest BCUT2D eigenvalue weighted by molar-refractivity contribution is 6.35. The molecule has 0 unspecified atom stereocenters. The zero-order chi connectivity index (χ0) is 18.0. The Morgan fingerprint density at radius 3 is 2.16 bits per heavy atom. The molecule has 2 aromatic carbocycles. The molecule has 0 saturated carbocycles. The van der Waals surface area contributed by atoms with E-state index < -0.39 is 0 Å². The van der Waals surface area contributed by atoms with Crippen LogP contribution in [0.4, 0.5) is 0 Å². The summed E-state index contributed by atoms with van der Waals surface area (Å²) in [6, 6.07) is 17.7. The highest BCUT2D eigenvalue weighted by Crippen LogP contribution is 2.31. The molecule has 1 aliphatic rings. The molecule has 0 N–H and O–H groups in total. The van der Waals surface area contributed by atoms with Gasteiger partial charge in [0, 0.05) is 20.1 Å². The molecule has 3 rings (SSSR count). The molecule has 0 bridgehead atoms. The molecule has 0 atom stereocenters. The Bertz CT molecular complexity index is 823. The molecule has 2 amide bonds. The van der Waals surface area contributed by atoms with Crippen molar-refractivity contribution in [1.82, 2.24) is 9.80 Å². The first-order valence-electron chi connectivity index (χ1n) is 8.45. The second-order valence-electron chi connectivity index (χ2n) is 6.29. The largest absolute Gasteiger partial charge is 0.365 e. The third-order valence-electron chi connectivity index (χ3n) is 4.44. The van der Waals surface area contributed by atoms with Crippen LogP contribution in [0, 0.1) is 6.92 Å². The monoisotopic (exact) mass is 334 g/mol. The molecular weight excluding hydrogens is 312 g/mol. The van der Waals surface area contributed by atoms with E-state index in [1.54, 1.807) is 0 Å². The maximum atomic E-state index is 12.8. The summed E-state index contributed by atoms with van der Waals surface area (Å²) in [7, 11) is 1.86. The van der Waals surface area contributed by atoms with Gasteiger partial charge in [-0.3, -0.25) is 14.5 Å². The predicted octanol–water partition coefficient (Wildman–Crippen LogP) is 3.23. The minimum absolute atomic E-state index is 0.216. The highest BCUT2D eigenvalue weighted by Gasteiger charge is 2.39. The van der Waals surface area contributed by atoms with Crippen molar-refractivity contribution in [2.75, 3.05) is 13.6 Å². The Balaban J connectivity index is 2.04.